The second kappa shape index (κ2) is 5.64. The number of aromatic nitrogens is 2. The summed E-state index contributed by atoms with van der Waals surface area (Å²) < 4.78 is 25.1. The molecule has 0 amide bonds. The Labute approximate surface area is 122 Å². The number of nitrogens with one attached hydrogen (secondary N) is 2. The average molecular weight is 313 g/mol. The van der Waals surface area contributed by atoms with Crippen molar-refractivity contribution in [3.05, 3.63) is 41.3 Å². The van der Waals surface area contributed by atoms with E-state index in [0.29, 0.717) is 22.3 Å². The van der Waals surface area contributed by atoms with E-state index in [9.17, 15) is 8.42 Å². The minimum atomic E-state index is -3.32. The molecule has 0 saturated heterocycles. The Morgan fingerprint density at radius 1 is 1.20 bits per heavy atom. The van der Waals surface area contributed by atoms with Gasteiger partial charge in [-0.3, -0.25) is 4.72 Å². The standard InChI is InChI=1S/C12H13ClN4O2S/c1-8-3-4-9(5-10(8)17-20(2,18)19)16-12-6-11(13)14-7-15-12/h3-7,17H,1-2H3,(H,14,15,16). The fourth-order valence-corrected chi connectivity index (χ4v) is 2.33. The van der Waals surface area contributed by atoms with E-state index in [-0.39, 0.29) is 0 Å². The van der Waals surface area contributed by atoms with Crippen LogP contribution in [0.15, 0.2) is 30.6 Å². The van der Waals surface area contributed by atoms with E-state index in [1.807, 2.05) is 13.0 Å². The first-order valence-corrected chi connectivity index (χ1v) is 7.93. The monoisotopic (exact) mass is 312 g/mol. The molecule has 1 aromatic heterocycles. The predicted octanol–water partition coefficient (Wildman–Crippen LogP) is 2.55. The molecular weight excluding hydrogens is 300 g/mol. The van der Waals surface area contributed by atoms with Gasteiger partial charge in [0.2, 0.25) is 10.0 Å². The topological polar surface area (TPSA) is 84.0 Å². The third-order valence-corrected chi connectivity index (χ3v) is 3.24. The summed E-state index contributed by atoms with van der Waals surface area (Å²) in [6.07, 6.45) is 2.45. The van der Waals surface area contributed by atoms with Crippen molar-refractivity contribution >= 4 is 38.8 Å². The molecule has 1 aromatic carbocycles. The highest BCUT2D eigenvalue weighted by Crippen LogP contribution is 2.23. The summed E-state index contributed by atoms with van der Waals surface area (Å²) in [5.74, 6) is 0.527. The van der Waals surface area contributed by atoms with Crippen molar-refractivity contribution in [3.8, 4) is 0 Å². The second-order valence-corrected chi connectivity index (χ2v) is 6.39. The lowest BCUT2D eigenvalue weighted by Crippen LogP contribution is -2.10. The van der Waals surface area contributed by atoms with E-state index in [1.165, 1.54) is 6.33 Å². The molecule has 2 aromatic rings. The Morgan fingerprint density at radius 2 is 1.95 bits per heavy atom. The number of benzene rings is 1. The molecule has 106 valence electrons. The Hall–Kier alpha value is -1.86. The molecule has 0 radical (unpaired) electrons. The van der Waals surface area contributed by atoms with Crippen molar-refractivity contribution in [2.45, 2.75) is 6.92 Å². The first-order chi connectivity index (χ1) is 9.33. The van der Waals surface area contributed by atoms with Crippen molar-refractivity contribution in [2.24, 2.45) is 0 Å². The fourth-order valence-electron chi connectivity index (χ4n) is 1.56. The van der Waals surface area contributed by atoms with E-state index >= 15 is 0 Å². The van der Waals surface area contributed by atoms with Gasteiger partial charge in [0.05, 0.1) is 11.9 Å². The van der Waals surface area contributed by atoms with Gasteiger partial charge >= 0.3 is 0 Å². The SMILES string of the molecule is Cc1ccc(Nc2cc(Cl)ncn2)cc1NS(C)(=O)=O. The minimum Gasteiger partial charge on any atom is -0.340 e. The van der Waals surface area contributed by atoms with Crippen LogP contribution in [-0.4, -0.2) is 24.6 Å². The summed E-state index contributed by atoms with van der Waals surface area (Å²) in [5.41, 5.74) is 2.02. The van der Waals surface area contributed by atoms with Gasteiger partial charge in [0.1, 0.15) is 17.3 Å². The lowest BCUT2D eigenvalue weighted by molar-refractivity contribution is 0.607. The molecule has 0 fully saturated rings. The van der Waals surface area contributed by atoms with Crippen molar-refractivity contribution in [2.75, 3.05) is 16.3 Å². The minimum absolute atomic E-state index is 0.323. The Bertz CT molecular complexity index is 734. The average Bonchev–Trinajstić information content (AvgIpc) is 2.32. The molecule has 0 spiro atoms. The maximum Gasteiger partial charge on any atom is 0.229 e. The number of hydrogen-bond donors (Lipinski definition) is 2. The fraction of sp³-hybridized carbons (Fsp3) is 0.167. The molecule has 0 atom stereocenters. The first-order valence-electron chi connectivity index (χ1n) is 5.66. The van der Waals surface area contributed by atoms with Crippen LogP contribution in [0, 0.1) is 6.92 Å². The van der Waals surface area contributed by atoms with E-state index < -0.39 is 10.0 Å². The number of hydrogen-bond acceptors (Lipinski definition) is 5. The molecule has 0 aliphatic rings. The van der Waals surface area contributed by atoms with E-state index in [4.69, 9.17) is 11.6 Å². The largest absolute Gasteiger partial charge is 0.340 e. The molecule has 0 unspecified atom stereocenters. The summed E-state index contributed by atoms with van der Waals surface area (Å²) in [6.45, 7) is 1.82. The Kier molecular flexibility index (Phi) is 4.10. The molecule has 0 aliphatic heterocycles. The quantitative estimate of drug-likeness (QED) is 0.848. The molecule has 2 rings (SSSR count). The highest BCUT2D eigenvalue weighted by atomic mass is 35.5. The zero-order valence-corrected chi connectivity index (χ0v) is 12.5. The summed E-state index contributed by atoms with van der Waals surface area (Å²) in [4.78, 5) is 7.80. The normalized spacial score (nSPS) is 11.2. The Morgan fingerprint density at radius 3 is 2.60 bits per heavy atom. The lowest BCUT2D eigenvalue weighted by Gasteiger charge is -2.11. The van der Waals surface area contributed by atoms with Crippen LogP contribution in [0.1, 0.15) is 5.56 Å². The molecule has 20 heavy (non-hydrogen) atoms. The zero-order chi connectivity index (χ0) is 14.8. The van der Waals surface area contributed by atoms with Crippen LogP contribution >= 0.6 is 11.6 Å². The lowest BCUT2D eigenvalue weighted by atomic mass is 10.2. The van der Waals surface area contributed by atoms with Crippen LogP contribution < -0.4 is 10.0 Å². The van der Waals surface area contributed by atoms with Gasteiger partial charge in [0.15, 0.2) is 0 Å². The van der Waals surface area contributed by atoms with Crippen molar-refractivity contribution < 1.29 is 8.42 Å². The number of anilines is 3. The number of rotatable bonds is 4. The summed E-state index contributed by atoms with van der Waals surface area (Å²) >= 11 is 5.77. The molecule has 0 saturated carbocycles. The molecule has 8 heteroatoms. The van der Waals surface area contributed by atoms with Crippen molar-refractivity contribution in [1.29, 1.82) is 0 Å². The van der Waals surface area contributed by atoms with Gasteiger partial charge in [0, 0.05) is 11.8 Å². The number of nitrogens with zero attached hydrogens (tertiary/aromatic N) is 2. The van der Waals surface area contributed by atoms with Gasteiger partial charge < -0.3 is 5.32 Å². The third-order valence-electron chi connectivity index (χ3n) is 2.44. The van der Waals surface area contributed by atoms with Crippen LogP contribution in [0.3, 0.4) is 0 Å². The molecule has 0 bridgehead atoms. The van der Waals surface area contributed by atoms with E-state index in [2.05, 4.69) is 20.0 Å². The highest BCUT2D eigenvalue weighted by Gasteiger charge is 2.06. The highest BCUT2D eigenvalue weighted by molar-refractivity contribution is 7.92. The number of halogens is 1. The number of aryl methyl sites for hydroxylation is 1. The Balaban J connectivity index is 2.27. The maximum atomic E-state index is 11.3. The van der Waals surface area contributed by atoms with Crippen LogP contribution in [0.4, 0.5) is 17.2 Å². The van der Waals surface area contributed by atoms with Crippen LogP contribution in [-0.2, 0) is 10.0 Å². The van der Waals surface area contributed by atoms with Crippen LogP contribution in [0.25, 0.3) is 0 Å². The second-order valence-electron chi connectivity index (χ2n) is 4.25. The van der Waals surface area contributed by atoms with Crippen molar-refractivity contribution in [1.82, 2.24) is 9.97 Å². The van der Waals surface area contributed by atoms with Crippen LogP contribution in [0.5, 0.6) is 0 Å². The van der Waals surface area contributed by atoms with Gasteiger partial charge in [0.25, 0.3) is 0 Å². The molecule has 1 heterocycles. The van der Waals surface area contributed by atoms with Crippen LogP contribution in [0.2, 0.25) is 5.15 Å². The van der Waals surface area contributed by atoms with E-state index in [0.717, 1.165) is 11.8 Å². The zero-order valence-electron chi connectivity index (χ0n) is 10.9. The summed E-state index contributed by atoms with van der Waals surface area (Å²) in [7, 11) is -3.32. The molecule has 2 N–H and O–H groups in total. The van der Waals surface area contributed by atoms with Gasteiger partial charge in [-0.05, 0) is 24.6 Å². The molecule has 0 aliphatic carbocycles. The van der Waals surface area contributed by atoms with E-state index in [1.54, 1.807) is 18.2 Å². The van der Waals surface area contributed by atoms with Crippen molar-refractivity contribution in [3.63, 3.8) is 0 Å². The van der Waals surface area contributed by atoms with Gasteiger partial charge in [-0.25, -0.2) is 18.4 Å². The molecule has 6 nitrogen and oxygen atoms in total. The predicted molar refractivity (Wildman–Crippen MR) is 80.0 cm³/mol. The van der Waals surface area contributed by atoms with Gasteiger partial charge in [-0.2, -0.15) is 0 Å². The van der Waals surface area contributed by atoms with Gasteiger partial charge in [-0.1, -0.05) is 17.7 Å². The first kappa shape index (κ1) is 14.5. The number of sulfonamides is 1. The molecular formula is C12H13ClN4O2S. The van der Waals surface area contributed by atoms with Gasteiger partial charge in [-0.15, -0.1) is 0 Å². The summed E-state index contributed by atoms with van der Waals surface area (Å²) in [6, 6.07) is 6.88. The maximum absolute atomic E-state index is 11.3. The smallest absolute Gasteiger partial charge is 0.229 e. The third kappa shape index (κ3) is 4.07. The summed E-state index contributed by atoms with van der Waals surface area (Å²) in [5, 5.41) is 3.35.